The summed E-state index contributed by atoms with van der Waals surface area (Å²) in [6.07, 6.45) is 5.24. The molecule has 164 valence electrons. The zero-order chi connectivity index (χ0) is 21.3. The zero-order valence-electron chi connectivity index (χ0n) is 18.0. The smallest absolute Gasteiger partial charge is 0.245 e. The van der Waals surface area contributed by atoms with Crippen LogP contribution in [-0.4, -0.2) is 77.4 Å². The second-order valence-electron chi connectivity index (χ2n) is 8.87. The molecule has 1 aromatic carbocycles. The van der Waals surface area contributed by atoms with E-state index in [2.05, 4.69) is 4.90 Å². The summed E-state index contributed by atoms with van der Waals surface area (Å²) >= 11 is 6.11. The van der Waals surface area contributed by atoms with Crippen molar-refractivity contribution in [3.8, 4) is 5.75 Å². The molecule has 3 fully saturated rings. The minimum atomic E-state index is -0.434. The van der Waals surface area contributed by atoms with Crippen LogP contribution in [0.1, 0.15) is 44.6 Å². The molecule has 2 saturated heterocycles. The summed E-state index contributed by atoms with van der Waals surface area (Å²) in [5.74, 6) is 0.723. The number of ether oxygens (including phenoxy) is 1. The molecule has 1 aromatic rings. The maximum absolute atomic E-state index is 13.4. The third kappa shape index (κ3) is 4.59. The highest BCUT2D eigenvalue weighted by molar-refractivity contribution is 6.31. The Hall–Kier alpha value is -1.79. The number of aryl methyl sites for hydroxylation is 1. The SMILES string of the molecule is CC(=O)N1C[C@@H](Oc2ccc(Cl)c(C)c2)C[C@@H]1C(=O)N1CCCN(C2CCC2)CC1. The molecule has 3 aliphatic rings. The van der Waals surface area contributed by atoms with Crippen molar-refractivity contribution in [2.75, 3.05) is 32.7 Å². The second kappa shape index (κ2) is 9.15. The van der Waals surface area contributed by atoms with Crippen molar-refractivity contribution in [1.29, 1.82) is 0 Å². The number of nitrogens with zero attached hydrogens (tertiary/aromatic N) is 3. The number of hydrogen-bond acceptors (Lipinski definition) is 4. The number of benzene rings is 1. The van der Waals surface area contributed by atoms with Gasteiger partial charge in [0.15, 0.2) is 0 Å². The van der Waals surface area contributed by atoms with Crippen molar-refractivity contribution < 1.29 is 14.3 Å². The topological polar surface area (TPSA) is 53.1 Å². The predicted octanol–water partition coefficient (Wildman–Crippen LogP) is 3.10. The summed E-state index contributed by atoms with van der Waals surface area (Å²) in [5, 5.41) is 0.698. The standard InChI is InChI=1S/C23H32ClN3O3/c1-16-13-19(7-8-21(16)24)30-20-14-22(27(15-20)17(2)28)23(29)26-10-4-9-25(11-12-26)18-5-3-6-18/h7-8,13,18,20,22H,3-6,9-12,14-15H2,1-2H3/t20-,22+/m0/s1. The van der Waals surface area contributed by atoms with Gasteiger partial charge in [0.1, 0.15) is 17.9 Å². The van der Waals surface area contributed by atoms with Gasteiger partial charge in [-0.3, -0.25) is 14.5 Å². The average Bonchev–Trinajstić information content (AvgIpc) is 2.94. The Morgan fingerprint density at radius 3 is 2.57 bits per heavy atom. The molecule has 2 amide bonds. The molecule has 0 aromatic heterocycles. The summed E-state index contributed by atoms with van der Waals surface area (Å²) in [5.41, 5.74) is 0.948. The third-order valence-electron chi connectivity index (χ3n) is 6.82. The maximum atomic E-state index is 13.4. The lowest BCUT2D eigenvalue weighted by molar-refractivity contribution is -0.142. The number of rotatable bonds is 4. The molecule has 0 N–H and O–H groups in total. The molecular formula is C23H32ClN3O3. The Balaban J connectivity index is 1.40. The lowest BCUT2D eigenvalue weighted by Gasteiger charge is -2.36. The van der Waals surface area contributed by atoms with Crippen LogP contribution in [0.25, 0.3) is 0 Å². The second-order valence-corrected chi connectivity index (χ2v) is 9.28. The molecule has 0 bridgehead atoms. The van der Waals surface area contributed by atoms with Gasteiger partial charge in [-0.15, -0.1) is 0 Å². The quantitative estimate of drug-likeness (QED) is 0.732. The van der Waals surface area contributed by atoms with Gasteiger partial charge in [0, 0.05) is 50.6 Å². The van der Waals surface area contributed by atoms with Gasteiger partial charge < -0.3 is 14.5 Å². The molecule has 6 nitrogen and oxygen atoms in total. The average molecular weight is 434 g/mol. The molecule has 2 heterocycles. The summed E-state index contributed by atoms with van der Waals surface area (Å²) in [4.78, 5) is 31.8. The van der Waals surface area contributed by atoms with E-state index in [0.717, 1.165) is 43.9 Å². The van der Waals surface area contributed by atoms with Gasteiger partial charge >= 0.3 is 0 Å². The highest BCUT2D eigenvalue weighted by Crippen LogP contribution is 2.29. The summed E-state index contributed by atoms with van der Waals surface area (Å²) in [6, 6.07) is 5.83. The van der Waals surface area contributed by atoms with Crippen LogP contribution in [0.5, 0.6) is 5.75 Å². The Morgan fingerprint density at radius 1 is 1.10 bits per heavy atom. The molecule has 4 rings (SSSR count). The lowest BCUT2D eigenvalue weighted by atomic mass is 9.91. The van der Waals surface area contributed by atoms with Crippen LogP contribution in [0.4, 0.5) is 0 Å². The molecular weight excluding hydrogens is 402 g/mol. The highest BCUT2D eigenvalue weighted by Gasteiger charge is 2.41. The van der Waals surface area contributed by atoms with Gasteiger partial charge in [-0.05, 0) is 49.9 Å². The first-order valence-corrected chi connectivity index (χ1v) is 11.5. The molecule has 0 spiro atoms. The van der Waals surface area contributed by atoms with Gasteiger partial charge in [-0.2, -0.15) is 0 Å². The molecule has 1 saturated carbocycles. The van der Waals surface area contributed by atoms with E-state index in [1.165, 1.54) is 26.2 Å². The van der Waals surface area contributed by atoms with Crippen molar-refractivity contribution in [1.82, 2.24) is 14.7 Å². The van der Waals surface area contributed by atoms with Gasteiger partial charge in [0.25, 0.3) is 0 Å². The first kappa shape index (κ1) is 21.4. The first-order valence-electron chi connectivity index (χ1n) is 11.1. The first-order chi connectivity index (χ1) is 14.4. The zero-order valence-corrected chi connectivity index (χ0v) is 18.7. The minimum Gasteiger partial charge on any atom is -0.488 e. The molecule has 0 unspecified atom stereocenters. The maximum Gasteiger partial charge on any atom is 0.245 e. The minimum absolute atomic E-state index is 0.0686. The van der Waals surface area contributed by atoms with Crippen LogP contribution in [-0.2, 0) is 9.59 Å². The summed E-state index contributed by atoms with van der Waals surface area (Å²) < 4.78 is 6.12. The van der Waals surface area contributed by atoms with Gasteiger partial charge in [-0.1, -0.05) is 18.0 Å². The number of amides is 2. The van der Waals surface area contributed by atoms with E-state index in [1.807, 2.05) is 30.0 Å². The van der Waals surface area contributed by atoms with Crippen molar-refractivity contribution in [2.45, 2.75) is 64.1 Å². The number of hydrogen-bond donors (Lipinski definition) is 0. The van der Waals surface area contributed by atoms with Crippen LogP contribution in [0.3, 0.4) is 0 Å². The van der Waals surface area contributed by atoms with Crippen molar-refractivity contribution in [3.63, 3.8) is 0 Å². The Labute approximate surface area is 184 Å². The largest absolute Gasteiger partial charge is 0.488 e. The van der Waals surface area contributed by atoms with Crippen LogP contribution < -0.4 is 4.74 Å². The number of carbonyl (C=O) groups excluding carboxylic acids is 2. The summed E-state index contributed by atoms with van der Waals surface area (Å²) in [7, 11) is 0. The highest BCUT2D eigenvalue weighted by atomic mass is 35.5. The Bertz CT molecular complexity index is 798. The van der Waals surface area contributed by atoms with Crippen LogP contribution in [0, 0.1) is 6.92 Å². The van der Waals surface area contributed by atoms with Gasteiger partial charge in [0.05, 0.1) is 6.54 Å². The number of carbonyl (C=O) groups is 2. The fraction of sp³-hybridized carbons (Fsp3) is 0.652. The molecule has 2 atom stereocenters. The summed E-state index contributed by atoms with van der Waals surface area (Å²) in [6.45, 7) is 7.44. The normalized spacial score (nSPS) is 25.7. The monoisotopic (exact) mass is 433 g/mol. The van der Waals surface area contributed by atoms with Crippen LogP contribution >= 0.6 is 11.6 Å². The van der Waals surface area contributed by atoms with E-state index in [9.17, 15) is 9.59 Å². The Kier molecular flexibility index (Phi) is 6.54. The van der Waals surface area contributed by atoms with E-state index in [0.29, 0.717) is 24.0 Å². The van der Waals surface area contributed by atoms with E-state index in [4.69, 9.17) is 16.3 Å². The molecule has 7 heteroatoms. The predicted molar refractivity (Wildman–Crippen MR) is 117 cm³/mol. The fourth-order valence-electron chi connectivity index (χ4n) is 4.83. The van der Waals surface area contributed by atoms with Crippen molar-refractivity contribution in [2.24, 2.45) is 0 Å². The third-order valence-corrected chi connectivity index (χ3v) is 7.24. The van der Waals surface area contributed by atoms with Crippen LogP contribution in [0.2, 0.25) is 5.02 Å². The number of likely N-dealkylation sites (tertiary alicyclic amines) is 1. The van der Waals surface area contributed by atoms with E-state index >= 15 is 0 Å². The van der Waals surface area contributed by atoms with E-state index in [-0.39, 0.29) is 17.9 Å². The molecule has 30 heavy (non-hydrogen) atoms. The fourth-order valence-corrected chi connectivity index (χ4v) is 4.95. The molecule has 0 radical (unpaired) electrons. The van der Waals surface area contributed by atoms with Crippen molar-refractivity contribution in [3.05, 3.63) is 28.8 Å². The Morgan fingerprint density at radius 2 is 1.90 bits per heavy atom. The van der Waals surface area contributed by atoms with E-state index in [1.54, 1.807) is 4.90 Å². The molecule has 1 aliphatic carbocycles. The van der Waals surface area contributed by atoms with E-state index < -0.39 is 6.04 Å². The van der Waals surface area contributed by atoms with Gasteiger partial charge in [-0.25, -0.2) is 0 Å². The van der Waals surface area contributed by atoms with Gasteiger partial charge in [0.2, 0.25) is 11.8 Å². The number of halogens is 1. The lowest BCUT2D eigenvalue weighted by Crippen LogP contribution is -2.48. The molecule has 2 aliphatic heterocycles. The van der Waals surface area contributed by atoms with Crippen molar-refractivity contribution >= 4 is 23.4 Å². The van der Waals surface area contributed by atoms with Crippen LogP contribution in [0.15, 0.2) is 18.2 Å².